The Hall–Kier alpha value is -1.44. The van der Waals surface area contributed by atoms with Crippen molar-refractivity contribution >= 4 is 31.6 Å². The molecule has 0 spiro atoms. The van der Waals surface area contributed by atoms with Crippen LogP contribution >= 0.6 is 15.9 Å². The molecule has 2 rings (SSSR count). The van der Waals surface area contributed by atoms with Crippen LogP contribution in [0.5, 0.6) is 0 Å². The Morgan fingerprint density at radius 3 is 2.48 bits per heavy atom. The minimum absolute atomic E-state index is 0.175. The Morgan fingerprint density at radius 2 is 1.90 bits per heavy atom. The summed E-state index contributed by atoms with van der Waals surface area (Å²) >= 11 is 3.24. The van der Waals surface area contributed by atoms with Gasteiger partial charge >= 0.3 is 0 Å². The zero-order valence-electron chi connectivity index (χ0n) is 11.5. The van der Waals surface area contributed by atoms with Crippen molar-refractivity contribution in [3.8, 4) is 0 Å². The fourth-order valence-corrected chi connectivity index (χ4v) is 3.82. The first-order valence-corrected chi connectivity index (χ1v) is 8.62. The molecule has 5 nitrogen and oxygen atoms in total. The first kappa shape index (κ1) is 15.9. The van der Waals surface area contributed by atoms with Crippen molar-refractivity contribution in [1.82, 2.24) is 9.29 Å². The number of anilines is 1. The van der Waals surface area contributed by atoms with Gasteiger partial charge in [-0.05, 0) is 39.7 Å². The van der Waals surface area contributed by atoms with E-state index in [4.69, 9.17) is 5.73 Å². The first-order chi connectivity index (χ1) is 9.93. The van der Waals surface area contributed by atoms with E-state index in [-0.39, 0.29) is 4.90 Å². The lowest BCUT2D eigenvalue weighted by molar-refractivity contribution is 0.423. The second-order valence-corrected chi connectivity index (χ2v) is 7.37. The second-order valence-electron chi connectivity index (χ2n) is 4.51. The minimum Gasteiger partial charge on any atom is -0.399 e. The fourth-order valence-electron chi connectivity index (χ4n) is 1.88. The van der Waals surface area contributed by atoms with Crippen LogP contribution in [0.3, 0.4) is 0 Å². The zero-order chi connectivity index (χ0) is 15.5. The number of pyridine rings is 1. The number of hydrogen-bond donors (Lipinski definition) is 1. The quantitative estimate of drug-likeness (QED) is 0.821. The van der Waals surface area contributed by atoms with Crippen molar-refractivity contribution in [3.05, 3.63) is 52.8 Å². The second kappa shape index (κ2) is 6.55. The molecule has 1 aromatic carbocycles. The van der Waals surface area contributed by atoms with E-state index >= 15 is 0 Å². The van der Waals surface area contributed by atoms with Gasteiger partial charge in [0.25, 0.3) is 0 Å². The van der Waals surface area contributed by atoms with Gasteiger partial charge < -0.3 is 5.73 Å². The molecule has 0 atom stereocenters. The molecule has 0 saturated carbocycles. The van der Waals surface area contributed by atoms with Gasteiger partial charge in [-0.3, -0.25) is 4.98 Å². The lowest BCUT2D eigenvalue weighted by atomic mass is 10.2. The molecule has 21 heavy (non-hydrogen) atoms. The molecule has 1 aromatic heterocycles. The molecular formula is C14H16BrN3O2S. The molecule has 2 aromatic rings. The summed E-state index contributed by atoms with van der Waals surface area (Å²) in [6.07, 6.45) is 2.90. The van der Waals surface area contributed by atoms with Crippen LogP contribution in [0.1, 0.15) is 12.5 Å². The lowest BCUT2D eigenvalue weighted by Crippen LogP contribution is -2.30. The van der Waals surface area contributed by atoms with Crippen LogP contribution < -0.4 is 5.73 Å². The smallest absolute Gasteiger partial charge is 0.244 e. The number of halogens is 1. The first-order valence-electron chi connectivity index (χ1n) is 6.38. The minimum atomic E-state index is -3.57. The highest BCUT2D eigenvalue weighted by Crippen LogP contribution is 2.20. The van der Waals surface area contributed by atoms with Gasteiger partial charge in [0.15, 0.2) is 0 Å². The molecule has 0 saturated heterocycles. The summed E-state index contributed by atoms with van der Waals surface area (Å²) in [4.78, 5) is 4.09. The highest BCUT2D eigenvalue weighted by Gasteiger charge is 2.23. The fraction of sp³-hybridized carbons (Fsp3) is 0.214. The van der Waals surface area contributed by atoms with E-state index in [1.807, 2.05) is 12.1 Å². The molecule has 0 aliphatic carbocycles. The molecule has 1 heterocycles. The van der Waals surface area contributed by atoms with Gasteiger partial charge in [-0.1, -0.05) is 19.1 Å². The lowest BCUT2D eigenvalue weighted by Gasteiger charge is -2.20. The normalized spacial score (nSPS) is 11.8. The Kier molecular flexibility index (Phi) is 4.97. The summed E-state index contributed by atoms with van der Waals surface area (Å²) in [6.45, 7) is 2.48. The number of nitrogen functional groups attached to an aromatic ring is 1. The summed E-state index contributed by atoms with van der Waals surface area (Å²) < 4.78 is 27.3. The number of nitrogens with two attached hydrogens (primary N) is 1. The molecule has 0 bridgehead atoms. The molecule has 2 N–H and O–H groups in total. The molecule has 0 amide bonds. The van der Waals surface area contributed by atoms with E-state index in [1.54, 1.807) is 31.3 Å². The van der Waals surface area contributed by atoms with Crippen molar-refractivity contribution in [2.45, 2.75) is 18.4 Å². The maximum atomic E-state index is 12.6. The maximum absolute atomic E-state index is 12.6. The predicted octanol–water partition coefficient (Wildman–Crippen LogP) is 2.64. The van der Waals surface area contributed by atoms with Crippen molar-refractivity contribution in [3.63, 3.8) is 0 Å². The topological polar surface area (TPSA) is 76.3 Å². The maximum Gasteiger partial charge on any atom is 0.244 e. The molecule has 0 aliphatic rings. The summed E-state index contributed by atoms with van der Waals surface area (Å²) in [6, 6.07) is 8.72. The molecule has 0 unspecified atom stereocenters. The zero-order valence-corrected chi connectivity index (χ0v) is 13.9. The third-order valence-corrected chi connectivity index (χ3v) is 5.33. The number of benzene rings is 1. The van der Waals surface area contributed by atoms with Crippen molar-refractivity contribution in [1.29, 1.82) is 0 Å². The number of aromatic nitrogens is 1. The third kappa shape index (κ3) is 3.81. The van der Waals surface area contributed by atoms with E-state index in [0.29, 0.717) is 23.2 Å². The van der Waals surface area contributed by atoms with Crippen LogP contribution in [-0.4, -0.2) is 24.3 Å². The Labute approximate surface area is 133 Å². The molecule has 0 aliphatic heterocycles. The van der Waals surface area contributed by atoms with Crippen molar-refractivity contribution < 1.29 is 8.42 Å². The number of sulfonamides is 1. The summed E-state index contributed by atoms with van der Waals surface area (Å²) in [5, 5.41) is 0. The van der Waals surface area contributed by atoms with Crippen molar-refractivity contribution in [2.24, 2.45) is 0 Å². The van der Waals surface area contributed by atoms with Gasteiger partial charge in [0, 0.05) is 35.6 Å². The highest BCUT2D eigenvalue weighted by molar-refractivity contribution is 9.10. The largest absolute Gasteiger partial charge is 0.399 e. The van der Waals surface area contributed by atoms with Gasteiger partial charge in [0.1, 0.15) is 4.90 Å². The Bertz CT molecular complexity index is 717. The average Bonchev–Trinajstić information content (AvgIpc) is 2.46. The Balaban J connectivity index is 2.29. The standard InChI is InChI=1S/C14H16BrN3O2S/c1-2-18(10-11-3-5-13(16)6-4-11)21(19,20)14-7-12(15)8-17-9-14/h3-9H,2,10,16H2,1H3. The van der Waals surface area contributed by atoms with Gasteiger partial charge in [0.05, 0.1) is 0 Å². The number of nitrogens with zero attached hydrogens (tertiary/aromatic N) is 2. The van der Waals surface area contributed by atoms with Gasteiger partial charge in [0.2, 0.25) is 10.0 Å². The van der Waals surface area contributed by atoms with E-state index in [1.165, 1.54) is 10.5 Å². The molecule has 7 heteroatoms. The van der Waals surface area contributed by atoms with Crippen molar-refractivity contribution in [2.75, 3.05) is 12.3 Å². The average molecular weight is 370 g/mol. The number of hydrogen-bond acceptors (Lipinski definition) is 4. The molecule has 0 radical (unpaired) electrons. The predicted molar refractivity (Wildman–Crippen MR) is 86.1 cm³/mol. The van der Waals surface area contributed by atoms with E-state index in [9.17, 15) is 8.42 Å². The van der Waals surface area contributed by atoms with E-state index in [0.717, 1.165) is 5.56 Å². The monoisotopic (exact) mass is 369 g/mol. The van der Waals surface area contributed by atoms with E-state index in [2.05, 4.69) is 20.9 Å². The molecule has 0 fully saturated rings. The number of rotatable bonds is 5. The SMILES string of the molecule is CCN(Cc1ccc(N)cc1)S(=O)(=O)c1cncc(Br)c1. The van der Waals surface area contributed by atoms with Crippen LogP contribution in [0.15, 0.2) is 52.1 Å². The van der Waals surface area contributed by atoms with E-state index < -0.39 is 10.0 Å². The van der Waals surface area contributed by atoms with Crippen LogP contribution in [0, 0.1) is 0 Å². The van der Waals surface area contributed by atoms with Gasteiger partial charge in [-0.15, -0.1) is 0 Å². The highest BCUT2D eigenvalue weighted by atomic mass is 79.9. The third-order valence-electron chi connectivity index (χ3n) is 3.01. The van der Waals surface area contributed by atoms with Crippen LogP contribution in [0.2, 0.25) is 0 Å². The summed E-state index contributed by atoms with van der Waals surface area (Å²) in [5.74, 6) is 0. The summed E-state index contributed by atoms with van der Waals surface area (Å²) in [5.41, 5.74) is 7.18. The van der Waals surface area contributed by atoms with Crippen LogP contribution in [-0.2, 0) is 16.6 Å². The van der Waals surface area contributed by atoms with Gasteiger partial charge in [-0.25, -0.2) is 8.42 Å². The Morgan fingerprint density at radius 1 is 1.24 bits per heavy atom. The van der Waals surface area contributed by atoms with Gasteiger partial charge in [-0.2, -0.15) is 4.31 Å². The van der Waals surface area contributed by atoms with Crippen LogP contribution in [0.25, 0.3) is 0 Å². The molecule has 112 valence electrons. The summed E-state index contributed by atoms with van der Waals surface area (Å²) in [7, 11) is -3.57. The van der Waals surface area contributed by atoms with Crippen LogP contribution in [0.4, 0.5) is 5.69 Å². The molecular weight excluding hydrogens is 354 g/mol.